The van der Waals surface area contributed by atoms with Crippen molar-refractivity contribution in [2.24, 2.45) is 7.05 Å². The molecule has 0 spiro atoms. The van der Waals surface area contributed by atoms with Crippen LogP contribution in [0.3, 0.4) is 0 Å². The number of nitrogens with one attached hydrogen (secondary N) is 1. The van der Waals surface area contributed by atoms with Crippen LogP contribution in [-0.4, -0.2) is 30.4 Å². The number of anilines is 1. The molecular weight excluding hydrogens is 362 g/mol. The van der Waals surface area contributed by atoms with Crippen molar-refractivity contribution >= 4 is 21.6 Å². The van der Waals surface area contributed by atoms with Crippen LogP contribution in [0.2, 0.25) is 0 Å². The van der Waals surface area contributed by atoms with Crippen LogP contribution in [0.1, 0.15) is 23.5 Å². The summed E-state index contributed by atoms with van der Waals surface area (Å²) in [5, 5.41) is 7.55. The van der Waals surface area contributed by atoms with Gasteiger partial charge in [0.25, 0.3) is 0 Å². The van der Waals surface area contributed by atoms with E-state index in [2.05, 4.69) is 10.4 Å². The second-order valence-electron chi connectivity index (χ2n) is 6.75. The van der Waals surface area contributed by atoms with Crippen molar-refractivity contribution < 1.29 is 13.2 Å². The number of amides is 1. The summed E-state index contributed by atoms with van der Waals surface area (Å²) >= 11 is 0. The molecule has 0 saturated carbocycles. The maximum absolute atomic E-state index is 12.3. The van der Waals surface area contributed by atoms with Crippen LogP contribution in [0.15, 0.2) is 59.5 Å². The van der Waals surface area contributed by atoms with Gasteiger partial charge in [0.2, 0.25) is 5.91 Å². The first-order valence-electron chi connectivity index (χ1n) is 8.57. The van der Waals surface area contributed by atoms with Crippen LogP contribution in [0, 0.1) is 0 Å². The van der Waals surface area contributed by atoms with Crippen LogP contribution in [0.5, 0.6) is 0 Å². The maximum Gasteiger partial charge on any atom is 0.226 e. The highest BCUT2D eigenvalue weighted by molar-refractivity contribution is 7.90. The van der Waals surface area contributed by atoms with Crippen molar-refractivity contribution in [1.82, 2.24) is 9.78 Å². The van der Waals surface area contributed by atoms with Gasteiger partial charge in [-0.05, 0) is 17.7 Å². The Bertz CT molecular complexity index is 1120. The summed E-state index contributed by atoms with van der Waals surface area (Å²) in [6.45, 7) is 0. The van der Waals surface area contributed by atoms with Crippen LogP contribution in [0.4, 0.5) is 5.82 Å². The molecule has 6 nitrogen and oxygen atoms in total. The van der Waals surface area contributed by atoms with Gasteiger partial charge in [0.05, 0.1) is 10.6 Å². The number of fused-ring (bicyclic) bond motifs is 1. The number of aromatic nitrogens is 2. The van der Waals surface area contributed by atoms with Crippen LogP contribution in [-0.2, 0) is 21.7 Å². The number of carbonyl (C=O) groups is 1. The zero-order valence-electron chi connectivity index (χ0n) is 15.0. The van der Waals surface area contributed by atoms with Gasteiger partial charge < -0.3 is 5.32 Å². The SMILES string of the molecule is Cn1nc(-c2ccccc2)c2c1NC(=O)CC2c1ccc(S(C)(=O)=O)cc1. The van der Waals surface area contributed by atoms with Gasteiger partial charge in [0, 0.05) is 36.8 Å². The normalized spacial score (nSPS) is 16.7. The van der Waals surface area contributed by atoms with Crippen molar-refractivity contribution in [3.8, 4) is 11.3 Å². The lowest BCUT2D eigenvalue weighted by atomic mass is 9.84. The fraction of sp³-hybridized carbons (Fsp3) is 0.200. The molecule has 0 bridgehead atoms. The summed E-state index contributed by atoms with van der Waals surface area (Å²) in [6, 6.07) is 16.6. The zero-order chi connectivity index (χ0) is 19.2. The van der Waals surface area contributed by atoms with Gasteiger partial charge in [0.15, 0.2) is 9.84 Å². The molecular formula is C20H19N3O3S. The molecule has 7 heteroatoms. The average Bonchev–Trinajstić information content (AvgIpc) is 2.98. The van der Waals surface area contributed by atoms with E-state index in [1.54, 1.807) is 36.0 Å². The third kappa shape index (κ3) is 3.14. The lowest BCUT2D eigenvalue weighted by Crippen LogP contribution is -2.24. The minimum atomic E-state index is -3.26. The Hall–Kier alpha value is -2.93. The molecule has 27 heavy (non-hydrogen) atoms. The number of aryl methyl sites for hydroxylation is 1. The number of hydrogen-bond donors (Lipinski definition) is 1. The molecule has 1 aliphatic heterocycles. The molecule has 0 fully saturated rings. The van der Waals surface area contributed by atoms with Gasteiger partial charge in [-0.2, -0.15) is 5.10 Å². The molecule has 1 amide bonds. The number of carbonyl (C=O) groups excluding carboxylic acids is 1. The Balaban J connectivity index is 1.86. The number of hydrogen-bond acceptors (Lipinski definition) is 4. The van der Waals surface area contributed by atoms with Crippen molar-refractivity contribution in [2.75, 3.05) is 11.6 Å². The minimum Gasteiger partial charge on any atom is -0.311 e. The third-order valence-electron chi connectivity index (χ3n) is 4.84. The Labute approximate surface area is 157 Å². The standard InChI is InChI=1S/C20H19N3O3S/c1-23-20-18(19(22-23)14-6-4-3-5-7-14)16(12-17(24)21-20)13-8-10-15(11-9-13)27(2,25)26/h3-11,16H,12H2,1-2H3,(H,21,24). The van der Waals surface area contributed by atoms with Crippen LogP contribution in [0.25, 0.3) is 11.3 Å². The topological polar surface area (TPSA) is 81.1 Å². The van der Waals surface area contributed by atoms with E-state index in [0.29, 0.717) is 5.82 Å². The summed E-state index contributed by atoms with van der Waals surface area (Å²) in [4.78, 5) is 12.6. The van der Waals surface area contributed by atoms with E-state index in [1.807, 2.05) is 30.3 Å². The Morgan fingerprint density at radius 3 is 2.37 bits per heavy atom. The van der Waals surface area contributed by atoms with E-state index in [9.17, 15) is 13.2 Å². The highest BCUT2D eigenvalue weighted by Gasteiger charge is 2.33. The first-order chi connectivity index (χ1) is 12.8. The van der Waals surface area contributed by atoms with Crippen LogP contribution >= 0.6 is 0 Å². The molecule has 4 rings (SSSR count). The molecule has 0 radical (unpaired) electrons. The molecule has 2 heterocycles. The molecule has 1 aromatic heterocycles. The number of rotatable bonds is 3. The second-order valence-corrected chi connectivity index (χ2v) is 8.76. The van der Waals surface area contributed by atoms with Gasteiger partial charge in [-0.25, -0.2) is 8.42 Å². The average molecular weight is 381 g/mol. The van der Waals surface area contributed by atoms with Crippen LogP contribution < -0.4 is 5.32 Å². The predicted octanol–water partition coefficient (Wildman–Crippen LogP) is 2.96. The van der Waals surface area contributed by atoms with Gasteiger partial charge in [-0.1, -0.05) is 42.5 Å². The molecule has 0 aliphatic carbocycles. The molecule has 2 aromatic carbocycles. The van der Waals surface area contributed by atoms with E-state index in [4.69, 9.17) is 0 Å². The quantitative estimate of drug-likeness (QED) is 0.756. The fourth-order valence-electron chi connectivity index (χ4n) is 3.53. The molecule has 1 unspecified atom stereocenters. The minimum absolute atomic E-state index is 0.0812. The maximum atomic E-state index is 12.3. The smallest absolute Gasteiger partial charge is 0.226 e. The van der Waals surface area contributed by atoms with E-state index in [1.165, 1.54) is 6.26 Å². The lowest BCUT2D eigenvalue weighted by Gasteiger charge is -2.24. The van der Waals surface area contributed by atoms with Crippen molar-refractivity contribution in [2.45, 2.75) is 17.2 Å². The third-order valence-corrected chi connectivity index (χ3v) is 5.97. The second kappa shape index (κ2) is 6.35. The van der Waals surface area contributed by atoms with Gasteiger partial charge >= 0.3 is 0 Å². The van der Waals surface area contributed by atoms with E-state index in [-0.39, 0.29) is 23.1 Å². The first kappa shape index (κ1) is 17.5. The van der Waals surface area contributed by atoms with Gasteiger partial charge in [0.1, 0.15) is 5.82 Å². The van der Waals surface area contributed by atoms with Gasteiger partial charge in [-0.15, -0.1) is 0 Å². The van der Waals surface area contributed by atoms with Crippen molar-refractivity contribution in [3.63, 3.8) is 0 Å². The fourth-order valence-corrected chi connectivity index (χ4v) is 4.16. The van der Waals surface area contributed by atoms with E-state index < -0.39 is 9.84 Å². The number of benzene rings is 2. The Kier molecular flexibility index (Phi) is 4.11. The molecule has 0 saturated heterocycles. The molecule has 1 atom stereocenters. The van der Waals surface area contributed by atoms with E-state index in [0.717, 1.165) is 22.4 Å². The molecule has 1 N–H and O–H groups in total. The monoisotopic (exact) mass is 381 g/mol. The lowest BCUT2D eigenvalue weighted by molar-refractivity contribution is -0.116. The number of sulfone groups is 1. The highest BCUT2D eigenvalue weighted by atomic mass is 32.2. The highest BCUT2D eigenvalue weighted by Crippen LogP contribution is 2.42. The molecule has 1 aliphatic rings. The number of nitrogens with zero attached hydrogens (tertiary/aromatic N) is 2. The summed E-state index contributed by atoms with van der Waals surface area (Å²) < 4.78 is 25.2. The van der Waals surface area contributed by atoms with E-state index >= 15 is 0 Å². The molecule has 3 aromatic rings. The van der Waals surface area contributed by atoms with Gasteiger partial charge in [-0.3, -0.25) is 9.48 Å². The summed E-state index contributed by atoms with van der Waals surface area (Å²) in [5.41, 5.74) is 3.65. The van der Waals surface area contributed by atoms with Crippen molar-refractivity contribution in [3.05, 3.63) is 65.7 Å². The summed E-state index contributed by atoms with van der Waals surface area (Å²) in [6.07, 6.45) is 1.47. The summed E-state index contributed by atoms with van der Waals surface area (Å²) in [5.74, 6) is 0.413. The van der Waals surface area contributed by atoms with Crippen molar-refractivity contribution in [1.29, 1.82) is 0 Å². The largest absolute Gasteiger partial charge is 0.311 e. The Morgan fingerprint density at radius 2 is 1.74 bits per heavy atom. The first-order valence-corrected chi connectivity index (χ1v) is 10.5. The predicted molar refractivity (Wildman–Crippen MR) is 103 cm³/mol. The Morgan fingerprint density at radius 1 is 1.07 bits per heavy atom. The molecule has 138 valence electrons. The summed E-state index contributed by atoms with van der Waals surface area (Å²) in [7, 11) is -1.46. The zero-order valence-corrected chi connectivity index (χ0v) is 15.8.